The van der Waals surface area contributed by atoms with Crippen LogP contribution < -0.4 is 0 Å². The molecule has 1 fully saturated rings. The Labute approximate surface area is 104 Å². The summed E-state index contributed by atoms with van der Waals surface area (Å²) in [6.45, 7) is 1.03. The summed E-state index contributed by atoms with van der Waals surface area (Å²) in [4.78, 5) is 29.7. The number of hydrogen-bond donors (Lipinski definition) is 2. The van der Waals surface area contributed by atoms with Crippen molar-refractivity contribution in [2.45, 2.75) is 25.7 Å². The molecule has 0 atom stereocenters. The van der Waals surface area contributed by atoms with Crippen LogP contribution in [-0.4, -0.2) is 41.5 Å². The summed E-state index contributed by atoms with van der Waals surface area (Å²) in [6.07, 6.45) is 4.81. The van der Waals surface area contributed by atoms with Crippen LogP contribution in [0.2, 0.25) is 0 Å². The molecule has 7 nitrogen and oxygen atoms in total. The lowest BCUT2D eigenvalue weighted by Crippen LogP contribution is -2.07. The van der Waals surface area contributed by atoms with E-state index in [1.165, 1.54) is 0 Å². The summed E-state index contributed by atoms with van der Waals surface area (Å²) in [7, 11) is 0. The highest BCUT2D eigenvalue weighted by atomic mass is 16.7. The minimum absolute atomic E-state index is 0.512. The van der Waals surface area contributed by atoms with Crippen LogP contribution >= 0.6 is 0 Å². The molecular weight excluding hydrogens is 244 g/mol. The van der Waals surface area contributed by atoms with E-state index in [1.54, 1.807) is 0 Å². The lowest BCUT2D eigenvalue weighted by atomic mass is 10.2. The van der Waals surface area contributed by atoms with Gasteiger partial charge in [-0.05, 0) is 25.7 Å². The van der Waals surface area contributed by atoms with Crippen molar-refractivity contribution < 1.29 is 34.1 Å². The lowest BCUT2D eigenvalue weighted by Gasteiger charge is -2.00. The zero-order valence-corrected chi connectivity index (χ0v) is 9.83. The smallest absolute Gasteiger partial charge is 0.478 e. The molecule has 0 aliphatic carbocycles. The summed E-state index contributed by atoms with van der Waals surface area (Å²) >= 11 is 0. The highest BCUT2D eigenvalue weighted by Gasteiger charge is 2.04. The highest BCUT2D eigenvalue weighted by molar-refractivity contribution is 5.89. The maximum Gasteiger partial charge on any atom is 0.508 e. The topological polar surface area (TPSA) is 110 Å². The number of rotatable bonds is 2. The highest BCUT2D eigenvalue weighted by Crippen LogP contribution is 2.04. The van der Waals surface area contributed by atoms with E-state index in [0.717, 1.165) is 25.7 Å². The zero-order chi connectivity index (χ0) is 13.8. The van der Waals surface area contributed by atoms with Crippen LogP contribution in [0.1, 0.15) is 25.7 Å². The number of cyclic esters (lactones) is 2. The van der Waals surface area contributed by atoms with Crippen molar-refractivity contribution in [2.75, 3.05) is 13.2 Å². The molecule has 0 amide bonds. The van der Waals surface area contributed by atoms with E-state index in [9.17, 15) is 14.4 Å². The Morgan fingerprint density at radius 1 is 0.889 bits per heavy atom. The van der Waals surface area contributed by atoms with Gasteiger partial charge < -0.3 is 19.7 Å². The SMILES string of the molecule is O=C(O)C=CC(=O)O.O=C1OCCCCCCO1. The fourth-order valence-corrected chi connectivity index (χ4v) is 1.05. The molecule has 0 spiro atoms. The maximum absolute atomic E-state index is 10.5. The molecule has 2 N–H and O–H groups in total. The van der Waals surface area contributed by atoms with Crippen molar-refractivity contribution in [3.63, 3.8) is 0 Å². The Hall–Kier alpha value is -2.05. The molecule has 1 aliphatic rings. The predicted octanol–water partition coefficient (Wildman–Crippen LogP) is 1.43. The molecule has 0 unspecified atom stereocenters. The Bertz CT molecular complexity index is 281. The first-order chi connectivity index (χ1) is 8.52. The van der Waals surface area contributed by atoms with Gasteiger partial charge in [0.25, 0.3) is 0 Å². The maximum atomic E-state index is 10.5. The lowest BCUT2D eigenvalue weighted by molar-refractivity contribution is -0.134. The van der Waals surface area contributed by atoms with Crippen molar-refractivity contribution in [3.05, 3.63) is 12.2 Å². The second kappa shape index (κ2) is 10.1. The summed E-state index contributed by atoms with van der Waals surface area (Å²) in [5.74, 6) is -2.51. The fraction of sp³-hybridized carbons (Fsp3) is 0.545. The molecule has 0 aromatic rings. The molecular formula is C11H16O7. The predicted molar refractivity (Wildman–Crippen MR) is 60.2 cm³/mol. The second-order valence-electron chi connectivity index (χ2n) is 3.37. The van der Waals surface area contributed by atoms with Crippen LogP contribution in [0.4, 0.5) is 4.79 Å². The molecule has 7 heteroatoms. The second-order valence-corrected chi connectivity index (χ2v) is 3.37. The average Bonchev–Trinajstić information content (AvgIpc) is 2.41. The third-order valence-electron chi connectivity index (χ3n) is 1.85. The number of aliphatic carboxylic acids is 2. The van der Waals surface area contributed by atoms with Crippen molar-refractivity contribution in [1.29, 1.82) is 0 Å². The number of hydrogen-bond acceptors (Lipinski definition) is 5. The molecule has 102 valence electrons. The Morgan fingerprint density at radius 3 is 1.61 bits per heavy atom. The van der Waals surface area contributed by atoms with E-state index < -0.39 is 18.1 Å². The summed E-state index contributed by atoms with van der Waals surface area (Å²) in [6, 6.07) is 0. The van der Waals surface area contributed by atoms with Crippen molar-refractivity contribution in [1.82, 2.24) is 0 Å². The van der Waals surface area contributed by atoms with Gasteiger partial charge in [0.1, 0.15) is 0 Å². The number of ether oxygens (including phenoxy) is 2. The third-order valence-corrected chi connectivity index (χ3v) is 1.85. The fourth-order valence-electron chi connectivity index (χ4n) is 1.05. The average molecular weight is 260 g/mol. The van der Waals surface area contributed by atoms with Gasteiger partial charge in [-0.1, -0.05) is 0 Å². The van der Waals surface area contributed by atoms with Crippen LogP contribution in [-0.2, 0) is 19.1 Å². The molecule has 0 saturated carbocycles. The van der Waals surface area contributed by atoms with E-state index in [1.807, 2.05) is 0 Å². The molecule has 0 radical (unpaired) electrons. The Balaban J connectivity index is 0.000000331. The van der Waals surface area contributed by atoms with E-state index in [-0.39, 0.29) is 0 Å². The molecule has 0 aromatic carbocycles. The molecule has 1 heterocycles. The van der Waals surface area contributed by atoms with E-state index >= 15 is 0 Å². The van der Waals surface area contributed by atoms with Crippen LogP contribution in [0.15, 0.2) is 12.2 Å². The van der Waals surface area contributed by atoms with Crippen LogP contribution in [0.5, 0.6) is 0 Å². The van der Waals surface area contributed by atoms with E-state index in [0.29, 0.717) is 25.4 Å². The number of carboxylic acid groups (broad SMARTS) is 2. The summed E-state index contributed by atoms with van der Waals surface area (Å²) in [5, 5.41) is 15.6. The van der Waals surface area contributed by atoms with Gasteiger partial charge in [-0.2, -0.15) is 0 Å². The van der Waals surface area contributed by atoms with Crippen LogP contribution in [0.3, 0.4) is 0 Å². The first-order valence-corrected chi connectivity index (χ1v) is 5.46. The van der Waals surface area contributed by atoms with Gasteiger partial charge in [-0.3, -0.25) is 0 Å². The van der Waals surface area contributed by atoms with E-state index in [4.69, 9.17) is 19.7 Å². The first-order valence-electron chi connectivity index (χ1n) is 5.46. The van der Waals surface area contributed by atoms with Gasteiger partial charge in [-0.15, -0.1) is 0 Å². The van der Waals surface area contributed by atoms with Crippen LogP contribution in [0, 0.1) is 0 Å². The summed E-state index contributed by atoms with van der Waals surface area (Å²) in [5.41, 5.74) is 0. The van der Waals surface area contributed by atoms with E-state index in [2.05, 4.69) is 0 Å². The summed E-state index contributed by atoms with van der Waals surface area (Å²) < 4.78 is 9.40. The van der Waals surface area contributed by atoms with Crippen molar-refractivity contribution in [2.24, 2.45) is 0 Å². The molecule has 1 aliphatic heterocycles. The minimum Gasteiger partial charge on any atom is -0.478 e. The zero-order valence-electron chi connectivity index (χ0n) is 9.83. The van der Waals surface area contributed by atoms with Gasteiger partial charge in [0.15, 0.2) is 0 Å². The van der Waals surface area contributed by atoms with Crippen molar-refractivity contribution in [3.8, 4) is 0 Å². The molecule has 1 rings (SSSR count). The van der Waals surface area contributed by atoms with Gasteiger partial charge >= 0.3 is 18.1 Å². The van der Waals surface area contributed by atoms with Crippen LogP contribution in [0.25, 0.3) is 0 Å². The number of carbonyl (C=O) groups excluding carboxylic acids is 1. The number of carboxylic acids is 2. The molecule has 0 bridgehead atoms. The van der Waals surface area contributed by atoms with Crippen molar-refractivity contribution >= 4 is 18.1 Å². The number of carbonyl (C=O) groups is 3. The Morgan fingerprint density at radius 2 is 1.28 bits per heavy atom. The third kappa shape index (κ3) is 12.0. The van der Waals surface area contributed by atoms with Gasteiger partial charge in [0, 0.05) is 12.2 Å². The van der Waals surface area contributed by atoms with Gasteiger partial charge in [0.05, 0.1) is 13.2 Å². The van der Waals surface area contributed by atoms with Gasteiger partial charge in [0.2, 0.25) is 0 Å². The Kier molecular flexibility index (Phi) is 8.97. The van der Waals surface area contributed by atoms with Gasteiger partial charge in [-0.25, -0.2) is 14.4 Å². The molecule has 18 heavy (non-hydrogen) atoms. The first kappa shape index (κ1) is 16.0. The largest absolute Gasteiger partial charge is 0.508 e. The monoisotopic (exact) mass is 260 g/mol. The molecule has 1 saturated heterocycles. The quantitative estimate of drug-likeness (QED) is 0.570. The molecule has 0 aromatic heterocycles. The standard InChI is InChI=1S/C7H12O3.C4H4O4/c8-7-9-5-3-1-2-4-6-10-7;5-3(6)1-2-4(7)8/h1-6H2;1-2H,(H,5,6)(H,7,8). The normalized spacial score (nSPS) is 16.1. The minimum atomic E-state index is -1.26.